The van der Waals surface area contributed by atoms with Crippen LogP contribution in [0.25, 0.3) is 0 Å². The summed E-state index contributed by atoms with van der Waals surface area (Å²) in [7, 11) is 2.19. The van der Waals surface area contributed by atoms with Crippen LogP contribution in [0.2, 0.25) is 0 Å². The van der Waals surface area contributed by atoms with Gasteiger partial charge in [0.15, 0.2) is 0 Å². The number of likely N-dealkylation sites (N-methyl/N-ethyl adjacent to an activating group) is 1. The number of quaternary nitrogens is 1. The third kappa shape index (κ3) is 3.40. The molecule has 0 aromatic carbocycles. The quantitative estimate of drug-likeness (QED) is 0.447. The molecule has 1 rings (SSSR count). The van der Waals surface area contributed by atoms with Gasteiger partial charge in [0.2, 0.25) is 0 Å². The summed E-state index contributed by atoms with van der Waals surface area (Å²) < 4.78 is 6.25. The largest absolute Gasteiger partial charge is 1.00 e. The molecule has 0 saturated carbocycles. The van der Waals surface area contributed by atoms with Crippen LogP contribution in [0.3, 0.4) is 0 Å². The topological polar surface area (TPSA) is 33.0 Å². The first kappa shape index (κ1) is 11.7. The molecule has 1 fully saturated rings. The molecule has 4 heteroatoms. The van der Waals surface area contributed by atoms with Crippen molar-refractivity contribution in [3.8, 4) is 6.07 Å². The number of halogens is 1. The second-order valence-corrected chi connectivity index (χ2v) is 3.31. The van der Waals surface area contributed by atoms with Gasteiger partial charge in [0.1, 0.15) is 13.1 Å². The number of morpholine rings is 1. The number of nitriles is 1. The molecule has 0 aromatic heterocycles. The first-order chi connectivity index (χ1) is 5.27. The van der Waals surface area contributed by atoms with Gasteiger partial charge in [-0.25, -0.2) is 0 Å². The summed E-state index contributed by atoms with van der Waals surface area (Å²) in [4.78, 5) is 0. The highest BCUT2D eigenvalue weighted by atomic mass is 35.5. The van der Waals surface area contributed by atoms with Crippen LogP contribution in [0, 0.1) is 11.3 Å². The van der Waals surface area contributed by atoms with E-state index in [0.717, 1.165) is 37.3 Å². The van der Waals surface area contributed by atoms with Crippen LogP contribution in [0.1, 0.15) is 6.42 Å². The van der Waals surface area contributed by atoms with E-state index in [2.05, 4.69) is 13.1 Å². The van der Waals surface area contributed by atoms with Gasteiger partial charge in [-0.15, -0.1) is 0 Å². The molecule has 0 spiro atoms. The van der Waals surface area contributed by atoms with Crippen molar-refractivity contribution in [2.45, 2.75) is 6.42 Å². The Kier molecular flexibility index (Phi) is 5.23. The van der Waals surface area contributed by atoms with E-state index >= 15 is 0 Å². The Bertz CT molecular complexity index is 161. The predicted octanol–water partition coefficient (Wildman–Crippen LogP) is -2.62. The summed E-state index contributed by atoms with van der Waals surface area (Å²) in [5.74, 6) is 0. The molecule has 70 valence electrons. The number of nitrogens with zero attached hydrogens (tertiary/aromatic N) is 2. The van der Waals surface area contributed by atoms with Crippen molar-refractivity contribution >= 4 is 0 Å². The summed E-state index contributed by atoms with van der Waals surface area (Å²) in [6, 6.07) is 2.18. The van der Waals surface area contributed by atoms with Crippen molar-refractivity contribution in [2.24, 2.45) is 0 Å². The van der Waals surface area contributed by atoms with Crippen LogP contribution in [-0.4, -0.2) is 44.4 Å². The molecule has 0 N–H and O–H groups in total. The monoisotopic (exact) mass is 190 g/mol. The summed E-state index contributed by atoms with van der Waals surface area (Å²) in [5.41, 5.74) is 0. The van der Waals surface area contributed by atoms with Crippen LogP contribution in [0.5, 0.6) is 0 Å². The van der Waals surface area contributed by atoms with Crippen molar-refractivity contribution in [3.05, 3.63) is 0 Å². The molecule has 0 atom stereocenters. The lowest BCUT2D eigenvalue weighted by Gasteiger charge is -2.36. The van der Waals surface area contributed by atoms with Crippen molar-refractivity contribution < 1.29 is 21.6 Å². The smallest absolute Gasteiger partial charge is 0.102 e. The molecular weight excluding hydrogens is 176 g/mol. The lowest BCUT2D eigenvalue weighted by Crippen LogP contribution is -3.00. The van der Waals surface area contributed by atoms with Gasteiger partial charge in [-0.1, -0.05) is 0 Å². The highest BCUT2D eigenvalue weighted by Gasteiger charge is 2.23. The zero-order valence-corrected chi connectivity index (χ0v) is 8.18. The lowest BCUT2D eigenvalue weighted by molar-refractivity contribution is -0.916. The van der Waals surface area contributed by atoms with Gasteiger partial charge in [-0.3, -0.25) is 0 Å². The highest BCUT2D eigenvalue weighted by molar-refractivity contribution is 4.68. The maximum absolute atomic E-state index is 8.42. The Morgan fingerprint density at radius 1 is 1.42 bits per heavy atom. The number of rotatable bonds is 2. The number of hydrogen-bond donors (Lipinski definition) is 0. The van der Waals surface area contributed by atoms with Crippen molar-refractivity contribution in [1.82, 2.24) is 0 Å². The van der Waals surface area contributed by atoms with Gasteiger partial charge in [0, 0.05) is 0 Å². The van der Waals surface area contributed by atoms with E-state index in [1.807, 2.05) is 0 Å². The van der Waals surface area contributed by atoms with Crippen molar-refractivity contribution in [2.75, 3.05) is 39.9 Å². The van der Waals surface area contributed by atoms with Gasteiger partial charge >= 0.3 is 0 Å². The van der Waals surface area contributed by atoms with E-state index in [4.69, 9.17) is 10.00 Å². The van der Waals surface area contributed by atoms with E-state index in [0.29, 0.717) is 6.42 Å². The third-order valence-corrected chi connectivity index (χ3v) is 2.31. The minimum absolute atomic E-state index is 0. The molecule has 3 nitrogen and oxygen atoms in total. The van der Waals surface area contributed by atoms with E-state index in [1.54, 1.807) is 0 Å². The number of hydrogen-bond acceptors (Lipinski definition) is 2. The molecule has 1 aliphatic rings. The van der Waals surface area contributed by atoms with Crippen LogP contribution in [0.4, 0.5) is 0 Å². The maximum Gasteiger partial charge on any atom is 0.102 e. The highest BCUT2D eigenvalue weighted by Crippen LogP contribution is 2.07. The Morgan fingerprint density at radius 3 is 2.50 bits per heavy atom. The van der Waals surface area contributed by atoms with E-state index in [-0.39, 0.29) is 12.4 Å². The molecule has 0 radical (unpaired) electrons. The van der Waals surface area contributed by atoms with Crippen LogP contribution < -0.4 is 12.4 Å². The minimum atomic E-state index is 0. The first-order valence-corrected chi connectivity index (χ1v) is 4.05. The SMILES string of the molecule is C[N+]1(CCC#N)CCOCC1.[Cl-]. The second-order valence-electron chi connectivity index (χ2n) is 3.31. The fraction of sp³-hybridized carbons (Fsp3) is 0.875. The fourth-order valence-electron chi connectivity index (χ4n) is 1.33. The van der Waals surface area contributed by atoms with Gasteiger partial charge < -0.3 is 21.6 Å². The molecule has 0 bridgehead atoms. The Morgan fingerprint density at radius 2 is 2.00 bits per heavy atom. The Hall–Kier alpha value is -0.300. The Balaban J connectivity index is 0.00000121. The summed E-state index contributed by atoms with van der Waals surface area (Å²) in [6.07, 6.45) is 0.663. The van der Waals surface area contributed by atoms with E-state index < -0.39 is 0 Å². The molecule has 1 heterocycles. The third-order valence-electron chi connectivity index (χ3n) is 2.31. The standard InChI is InChI=1S/C8H15N2O.ClH/c1-10(4-2-3-9)5-7-11-8-6-10;/h2,4-8H2,1H3;1H/q+1;/p-1. The maximum atomic E-state index is 8.42. The van der Waals surface area contributed by atoms with Crippen molar-refractivity contribution in [3.63, 3.8) is 0 Å². The second kappa shape index (κ2) is 5.36. The molecule has 1 aliphatic heterocycles. The average molecular weight is 191 g/mol. The molecule has 1 saturated heterocycles. The van der Waals surface area contributed by atoms with Crippen LogP contribution >= 0.6 is 0 Å². The van der Waals surface area contributed by atoms with Gasteiger partial charge in [-0.05, 0) is 0 Å². The molecule has 0 aromatic rings. The minimum Gasteiger partial charge on any atom is -1.00 e. The number of ether oxygens (including phenoxy) is 1. The normalized spacial score (nSPS) is 20.7. The molecule has 0 aliphatic carbocycles. The van der Waals surface area contributed by atoms with E-state index in [9.17, 15) is 0 Å². The molecule has 12 heavy (non-hydrogen) atoms. The summed E-state index contributed by atoms with van der Waals surface area (Å²) in [5, 5.41) is 8.42. The summed E-state index contributed by atoms with van der Waals surface area (Å²) in [6.45, 7) is 4.78. The molecular formula is C8H15ClN2O. The van der Waals surface area contributed by atoms with Gasteiger partial charge in [0.25, 0.3) is 0 Å². The van der Waals surface area contributed by atoms with Crippen LogP contribution in [0.15, 0.2) is 0 Å². The lowest BCUT2D eigenvalue weighted by atomic mass is 10.3. The predicted molar refractivity (Wildman–Crippen MR) is 41.8 cm³/mol. The van der Waals surface area contributed by atoms with Gasteiger partial charge in [-0.2, -0.15) is 5.26 Å². The zero-order chi connectivity index (χ0) is 8.16. The van der Waals surface area contributed by atoms with Crippen LogP contribution in [-0.2, 0) is 4.74 Å². The Labute approximate surface area is 79.9 Å². The average Bonchev–Trinajstić information content (AvgIpc) is 2.03. The van der Waals surface area contributed by atoms with E-state index in [1.165, 1.54) is 0 Å². The van der Waals surface area contributed by atoms with Crippen molar-refractivity contribution in [1.29, 1.82) is 5.26 Å². The molecule has 0 unspecified atom stereocenters. The zero-order valence-electron chi connectivity index (χ0n) is 7.42. The molecule has 0 amide bonds. The fourth-order valence-corrected chi connectivity index (χ4v) is 1.33. The first-order valence-electron chi connectivity index (χ1n) is 4.05. The summed E-state index contributed by atoms with van der Waals surface area (Å²) >= 11 is 0. The van der Waals surface area contributed by atoms with Gasteiger partial charge in [0.05, 0.1) is 39.3 Å².